The Balaban J connectivity index is 0.000000127. The highest BCUT2D eigenvalue weighted by Crippen LogP contribution is 2.43. The lowest BCUT2D eigenvalue weighted by atomic mass is 9.91. The van der Waals surface area contributed by atoms with Gasteiger partial charge in [0.25, 0.3) is 0 Å². The van der Waals surface area contributed by atoms with Crippen LogP contribution in [0.15, 0.2) is 492 Å². The first-order valence-electron chi connectivity index (χ1n) is 50.0. The van der Waals surface area contributed by atoms with Gasteiger partial charge >= 0.3 is 0 Å². The molecular weight excluding hydrogens is 1830 g/mol. The van der Waals surface area contributed by atoms with Crippen molar-refractivity contribution in [3.8, 4) is 236 Å². The Bertz CT molecular complexity index is 8220. The molecule has 15 nitrogen and oxygen atoms in total. The van der Waals surface area contributed by atoms with Gasteiger partial charge in [-0.3, -0.25) is 15.0 Å². The molecule has 0 saturated heterocycles. The normalized spacial score (nSPS) is 11.0. The maximum atomic E-state index is 5.15. The van der Waals surface area contributed by atoms with Crippen molar-refractivity contribution < 1.29 is 0 Å². The molecule has 0 fully saturated rings. The van der Waals surface area contributed by atoms with E-state index in [-0.39, 0.29) is 0 Å². The van der Waals surface area contributed by atoms with E-state index in [9.17, 15) is 0 Å². The van der Waals surface area contributed by atoms with Crippen LogP contribution < -0.4 is 0 Å². The molecule has 150 heavy (non-hydrogen) atoms. The van der Waals surface area contributed by atoms with Crippen LogP contribution in [-0.2, 0) is 0 Å². The molecule has 0 aliphatic rings. The van der Waals surface area contributed by atoms with E-state index in [0.29, 0.717) is 29.1 Å². The standard InChI is InChI=1S/C47H37N5.2C44H31N5/c1-30-23-31(2)49-46(48-30)38-19-15-34(16-20-38)40-25-41(35-17-21-39(22-18-35)47-50-32(3)24-33(4)51-47)27-42(26-40)43-28-44(36-11-7-5-8-12-36)52-45(29-43)37-13-9-6-10-14-37;1-30-10-8-15-40(47-30)35-20-16-31(17-21-35)37-26-38(32-18-22-36(23-19-32)43-45-24-9-25-46-43)28-39(27-37)44-48-41(33-11-4-2-5-12-33)29-42(49-44)34-13-6-3-7-14-34;1-30-11-10-17-41(46-30)34-24-20-32(21-25-34)38-27-37(31-18-22-33(23-19-31)40-16-8-9-26-45-40)28-39(29-38)44-48-42(35-12-4-2-5-13-35)47-43(49-44)36-14-6-3-7-15-36/h5-29H,1-4H3;2*2-29H,1H3. The SMILES string of the molecule is Cc1cc(C)nc(-c2ccc(-c3cc(-c4ccc(-c5nc(C)cc(C)n5)cc4)cc(-c4cc(-c5ccccc5)nc(-c5ccccc5)c4)c3)cc2)n1.Cc1cccc(-c2ccc(-c3cc(-c4ccc(-c5ccccn5)cc4)cc(-c4nc(-c5ccccc5)nc(-c5ccccc5)n4)c3)cc2)n1.Cc1cccc(-c2ccc(-c3cc(-c4ccc(-c5ncccn5)cc4)cc(-c4nc(-c5ccccc5)cc(-c5ccccc5)n4)c3)cc2)n1. The fourth-order valence-electron chi connectivity index (χ4n) is 18.6. The molecule has 0 aliphatic heterocycles. The number of pyridine rings is 4. The molecular formula is C135H99N15. The van der Waals surface area contributed by atoms with E-state index >= 15 is 0 Å². The van der Waals surface area contributed by atoms with Crippen molar-refractivity contribution in [2.75, 3.05) is 0 Å². The summed E-state index contributed by atoms with van der Waals surface area (Å²) in [5, 5.41) is 0. The Morgan fingerprint density at radius 1 is 0.100 bits per heavy atom. The molecule has 9 heterocycles. The summed E-state index contributed by atoms with van der Waals surface area (Å²) >= 11 is 0. The molecule has 0 atom stereocenters. The van der Waals surface area contributed by atoms with Gasteiger partial charge in [-0.1, -0.05) is 346 Å². The van der Waals surface area contributed by atoms with Gasteiger partial charge in [0, 0.05) is 131 Å². The zero-order valence-electron chi connectivity index (χ0n) is 83.5. The summed E-state index contributed by atoms with van der Waals surface area (Å²) in [4.78, 5) is 72.0. The van der Waals surface area contributed by atoms with E-state index in [1.54, 1.807) is 12.4 Å². The molecule has 0 bridgehead atoms. The molecule has 0 saturated carbocycles. The van der Waals surface area contributed by atoms with Crippen molar-refractivity contribution in [1.82, 2.24) is 74.8 Å². The number of rotatable bonds is 21. The van der Waals surface area contributed by atoms with Gasteiger partial charge < -0.3 is 0 Å². The van der Waals surface area contributed by atoms with Crippen molar-refractivity contribution in [2.24, 2.45) is 0 Å². The highest BCUT2D eigenvalue weighted by molar-refractivity contribution is 5.89. The van der Waals surface area contributed by atoms with E-state index in [2.05, 4.69) is 306 Å². The lowest BCUT2D eigenvalue weighted by Crippen LogP contribution is -2.00. The molecule has 24 aromatic rings. The molecule has 24 rings (SSSR count). The number of benzene rings is 15. The van der Waals surface area contributed by atoms with Crippen LogP contribution in [0.25, 0.3) is 236 Å². The number of hydrogen-bond acceptors (Lipinski definition) is 15. The largest absolute Gasteiger partial charge is 0.256 e. The summed E-state index contributed by atoms with van der Waals surface area (Å²) in [5.41, 5.74) is 41.7. The Morgan fingerprint density at radius 2 is 0.320 bits per heavy atom. The fraction of sp³-hybridized carbons (Fsp3) is 0.0444. The lowest BCUT2D eigenvalue weighted by Gasteiger charge is -2.14. The average molecular weight is 1930 g/mol. The minimum Gasteiger partial charge on any atom is -0.256 e. The summed E-state index contributed by atoms with van der Waals surface area (Å²) in [6.45, 7) is 12.1. The quantitative estimate of drug-likeness (QED) is 0.0659. The summed E-state index contributed by atoms with van der Waals surface area (Å²) in [6, 6.07) is 163. The molecule has 15 aromatic carbocycles. The Hall–Kier alpha value is -19.8. The van der Waals surface area contributed by atoms with Crippen molar-refractivity contribution in [3.63, 3.8) is 0 Å². The molecule has 0 N–H and O–H groups in total. The average Bonchev–Trinajstić information content (AvgIpc) is 0.784. The van der Waals surface area contributed by atoms with Crippen LogP contribution in [-0.4, -0.2) is 74.8 Å². The molecule has 0 aliphatic carbocycles. The van der Waals surface area contributed by atoms with Gasteiger partial charge in [0.1, 0.15) is 0 Å². The molecule has 9 aromatic heterocycles. The summed E-state index contributed by atoms with van der Waals surface area (Å²) in [5.74, 6) is 4.72. The van der Waals surface area contributed by atoms with E-state index in [1.807, 2.05) is 230 Å². The van der Waals surface area contributed by atoms with E-state index in [0.717, 1.165) is 241 Å². The van der Waals surface area contributed by atoms with Crippen LogP contribution in [0.4, 0.5) is 0 Å². The fourth-order valence-corrected chi connectivity index (χ4v) is 18.6. The summed E-state index contributed by atoms with van der Waals surface area (Å²) in [6.07, 6.45) is 5.35. The topological polar surface area (TPSA) is 193 Å². The van der Waals surface area contributed by atoms with Crippen LogP contribution in [0, 0.1) is 41.5 Å². The molecule has 0 unspecified atom stereocenters. The molecule has 15 heteroatoms. The van der Waals surface area contributed by atoms with Gasteiger partial charge in [0.05, 0.1) is 39.9 Å². The predicted molar refractivity (Wildman–Crippen MR) is 609 cm³/mol. The van der Waals surface area contributed by atoms with Crippen molar-refractivity contribution in [2.45, 2.75) is 41.5 Å². The van der Waals surface area contributed by atoms with Crippen LogP contribution in [0.3, 0.4) is 0 Å². The minimum atomic E-state index is 0.612. The van der Waals surface area contributed by atoms with Gasteiger partial charge in [-0.2, -0.15) is 0 Å². The van der Waals surface area contributed by atoms with Crippen LogP contribution in [0.1, 0.15) is 34.2 Å². The zero-order chi connectivity index (χ0) is 102. The second-order valence-electron chi connectivity index (χ2n) is 37.0. The van der Waals surface area contributed by atoms with Gasteiger partial charge in [-0.15, -0.1) is 0 Å². The number of aryl methyl sites for hydroxylation is 6. The van der Waals surface area contributed by atoms with Gasteiger partial charge in [0.2, 0.25) is 0 Å². The first-order chi connectivity index (χ1) is 73.7. The van der Waals surface area contributed by atoms with Crippen molar-refractivity contribution in [3.05, 3.63) is 526 Å². The van der Waals surface area contributed by atoms with E-state index in [1.165, 1.54) is 0 Å². The van der Waals surface area contributed by atoms with Crippen molar-refractivity contribution in [1.29, 1.82) is 0 Å². The molecule has 0 radical (unpaired) electrons. The second-order valence-corrected chi connectivity index (χ2v) is 37.0. The monoisotopic (exact) mass is 1930 g/mol. The third-order valence-electron chi connectivity index (χ3n) is 26.1. The van der Waals surface area contributed by atoms with Gasteiger partial charge in [-0.05, 0) is 247 Å². The maximum Gasteiger partial charge on any atom is 0.164 e. The number of nitrogens with zero attached hydrogens (tertiary/aromatic N) is 15. The molecule has 0 spiro atoms. The molecule has 714 valence electrons. The predicted octanol–water partition coefficient (Wildman–Crippen LogP) is 32.8. The lowest BCUT2D eigenvalue weighted by molar-refractivity contribution is 1.06. The molecule has 0 amide bonds. The zero-order valence-corrected chi connectivity index (χ0v) is 83.5. The Labute approximate surface area is 872 Å². The minimum absolute atomic E-state index is 0.612. The summed E-state index contributed by atoms with van der Waals surface area (Å²) < 4.78 is 0. The van der Waals surface area contributed by atoms with Crippen LogP contribution >= 0.6 is 0 Å². The van der Waals surface area contributed by atoms with Crippen LogP contribution in [0.2, 0.25) is 0 Å². The third kappa shape index (κ3) is 22.4. The summed E-state index contributed by atoms with van der Waals surface area (Å²) in [7, 11) is 0. The first-order valence-corrected chi connectivity index (χ1v) is 50.0. The second kappa shape index (κ2) is 43.8. The highest BCUT2D eigenvalue weighted by atomic mass is 15.0. The van der Waals surface area contributed by atoms with Gasteiger partial charge in [-0.25, -0.2) is 59.8 Å². The maximum absolute atomic E-state index is 5.15. The number of aromatic nitrogens is 15. The van der Waals surface area contributed by atoms with E-state index in [4.69, 9.17) is 59.8 Å². The third-order valence-corrected chi connectivity index (χ3v) is 26.1. The highest BCUT2D eigenvalue weighted by Gasteiger charge is 2.22. The number of hydrogen-bond donors (Lipinski definition) is 0. The van der Waals surface area contributed by atoms with Crippen molar-refractivity contribution >= 4 is 0 Å². The Morgan fingerprint density at radius 3 is 0.633 bits per heavy atom. The van der Waals surface area contributed by atoms with Gasteiger partial charge in [0.15, 0.2) is 40.8 Å². The Kier molecular flexibility index (Phi) is 27.8. The first kappa shape index (κ1) is 95.1. The smallest absolute Gasteiger partial charge is 0.164 e. The van der Waals surface area contributed by atoms with E-state index < -0.39 is 0 Å². The van der Waals surface area contributed by atoms with Crippen LogP contribution in [0.5, 0.6) is 0 Å².